The van der Waals surface area contributed by atoms with E-state index in [1.165, 1.54) is 0 Å². The van der Waals surface area contributed by atoms with Crippen molar-refractivity contribution >= 4 is 15.9 Å². The van der Waals surface area contributed by atoms with Crippen molar-refractivity contribution in [1.29, 1.82) is 5.26 Å². The first-order chi connectivity index (χ1) is 6.91. The first-order valence-corrected chi connectivity index (χ1v) is 4.76. The summed E-state index contributed by atoms with van der Waals surface area (Å²) in [6.45, 7) is 1.82. The van der Waals surface area contributed by atoms with Crippen LogP contribution in [0.3, 0.4) is 0 Å². The van der Waals surface area contributed by atoms with Gasteiger partial charge in [-0.3, -0.25) is 0 Å². The molecule has 0 aliphatic heterocycles. The standard InChI is InChI=1S/C6H3BrF3N.C3H5N/c7-5-3-4(1-2-11-5)6(8,9)10;1-2-3-4/h1-3H;2H2,1H3. The van der Waals surface area contributed by atoms with Crippen LogP contribution in [-0.2, 0) is 6.18 Å². The van der Waals surface area contributed by atoms with Crippen LogP contribution in [-0.4, -0.2) is 4.98 Å². The molecule has 0 aromatic carbocycles. The molecular formula is C9H8BrF3N2. The van der Waals surface area contributed by atoms with Crippen LogP contribution >= 0.6 is 15.9 Å². The van der Waals surface area contributed by atoms with Crippen molar-refractivity contribution < 1.29 is 13.2 Å². The van der Waals surface area contributed by atoms with Gasteiger partial charge < -0.3 is 0 Å². The summed E-state index contributed by atoms with van der Waals surface area (Å²) < 4.78 is 35.9. The third-order valence-corrected chi connectivity index (χ3v) is 1.65. The first-order valence-electron chi connectivity index (χ1n) is 3.97. The van der Waals surface area contributed by atoms with Gasteiger partial charge in [0.1, 0.15) is 4.60 Å². The number of aromatic nitrogens is 1. The minimum absolute atomic E-state index is 0.187. The van der Waals surface area contributed by atoms with E-state index >= 15 is 0 Å². The fourth-order valence-electron chi connectivity index (χ4n) is 0.579. The van der Waals surface area contributed by atoms with E-state index in [9.17, 15) is 13.2 Å². The molecule has 0 unspecified atom stereocenters. The molecule has 1 rings (SSSR count). The summed E-state index contributed by atoms with van der Waals surface area (Å²) in [6, 6.07) is 3.78. The number of nitriles is 1. The van der Waals surface area contributed by atoms with Crippen molar-refractivity contribution in [3.05, 3.63) is 28.5 Å². The second-order valence-electron chi connectivity index (χ2n) is 2.38. The van der Waals surface area contributed by atoms with Crippen molar-refractivity contribution in [3.63, 3.8) is 0 Å². The minimum atomic E-state index is -4.29. The normalized spacial score (nSPS) is 9.87. The van der Waals surface area contributed by atoms with E-state index < -0.39 is 11.7 Å². The summed E-state index contributed by atoms with van der Waals surface area (Å²) in [5.74, 6) is 0. The molecule has 0 saturated carbocycles. The number of pyridine rings is 1. The third kappa shape index (κ3) is 6.07. The van der Waals surface area contributed by atoms with Crippen molar-refractivity contribution in [3.8, 4) is 6.07 Å². The molecule has 0 spiro atoms. The molecule has 0 bridgehead atoms. The summed E-state index contributed by atoms with van der Waals surface area (Å²) in [5, 5.41) is 7.62. The highest BCUT2D eigenvalue weighted by Gasteiger charge is 2.30. The van der Waals surface area contributed by atoms with Gasteiger partial charge in [0.15, 0.2) is 0 Å². The van der Waals surface area contributed by atoms with Crippen LogP contribution in [0.25, 0.3) is 0 Å². The summed E-state index contributed by atoms with van der Waals surface area (Å²) in [7, 11) is 0. The van der Waals surface area contributed by atoms with E-state index in [1.54, 1.807) is 0 Å². The lowest BCUT2D eigenvalue weighted by Gasteiger charge is -2.04. The third-order valence-electron chi connectivity index (χ3n) is 1.21. The molecule has 0 aliphatic rings. The van der Waals surface area contributed by atoms with Crippen LogP contribution < -0.4 is 0 Å². The van der Waals surface area contributed by atoms with Crippen LogP contribution in [0.2, 0.25) is 0 Å². The summed E-state index contributed by atoms with van der Waals surface area (Å²) in [5.41, 5.74) is -0.695. The van der Waals surface area contributed by atoms with E-state index in [-0.39, 0.29) is 4.60 Å². The summed E-state index contributed by atoms with van der Waals surface area (Å²) in [6.07, 6.45) is -2.56. The fraction of sp³-hybridized carbons (Fsp3) is 0.333. The number of hydrogen-bond acceptors (Lipinski definition) is 2. The van der Waals surface area contributed by atoms with Crippen molar-refractivity contribution in [2.75, 3.05) is 0 Å². The van der Waals surface area contributed by atoms with Crippen LogP contribution in [0.5, 0.6) is 0 Å². The molecule has 0 N–H and O–H groups in total. The Morgan fingerprint density at radius 3 is 2.33 bits per heavy atom. The van der Waals surface area contributed by atoms with Crippen molar-refractivity contribution in [2.24, 2.45) is 0 Å². The molecule has 0 amide bonds. The Morgan fingerprint density at radius 2 is 2.07 bits per heavy atom. The molecule has 0 fully saturated rings. The van der Waals surface area contributed by atoms with Gasteiger partial charge in [-0.15, -0.1) is 0 Å². The highest BCUT2D eigenvalue weighted by molar-refractivity contribution is 9.10. The van der Waals surface area contributed by atoms with Gasteiger partial charge in [-0.1, -0.05) is 6.92 Å². The predicted octanol–water partition coefficient (Wildman–Crippen LogP) is 3.78. The average Bonchev–Trinajstić information content (AvgIpc) is 2.17. The monoisotopic (exact) mass is 280 g/mol. The van der Waals surface area contributed by atoms with Crippen molar-refractivity contribution in [2.45, 2.75) is 19.5 Å². The zero-order valence-electron chi connectivity index (χ0n) is 7.85. The van der Waals surface area contributed by atoms with Crippen LogP contribution in [0.15, 0.2) is 22.9 Å². The van der Waals surface area contributed by atoms with E-state index in [4.69, 9.17) is 5.26 Å². The maximum absolute atomic E-state index is 11.9. The Balaban J connectivity index is 0.000000423. The largest absolute Gasteiger partial charge is 0.416 e. The highest BCUT2D eigenvalue weighted by Crippen LogP contribution is 2.29. The minimum Gasteiger partial charge on any atom is -0.249 e. The number of nitrogens with zero attached hydrogens (tertiary/aromatic N) is 2. The topological polar surface area (TPSA) is 36.7 Å². The lowest BCUT2D eigenvalue weighted by molar-refractivity contribution is -0.137. The zero-order chi connectivity index (χ0) is 11.9. The van der Waals surface area contributed by atoms with Gasteiger partial charge in [-0.05, 0) is 28.1 Å². The molecule has 6 heteroatoms. The van der Waals surface area contributed by atoms with Gasteiger partial charge in [0.2, 0.25) is 0 Å². The summed E-state index contributed by atoms with van der Waals surface area (Å²) in [4.78, 5) is 3.57. The Hall–Kier alpha value is -1.09. The molecule has 0 aliphatic carbocycles. The van der Waals surface area contributed by atoms with E-state index in [0.29, 0.717) is 6.42 Å². The van der Waals surface area contributed by atoms with E-state index in [1.807, 2.05) is 13.0 Å². The average molecular weight is 281 g/mol. The number of rotatable bonds is 0. The molecule has 1 aromatic heterocycles. The Kier molecular flexibility index (Phi) is 5.94. The smallest absolute Gasteiger partial charge is 0.249 e. The van der Waals surface area contributed by atoms with Gasteiger partial charge in [-0.2, -0.15) is 18.4 Å². The molecule has 2 nitrogen and oxygen atoms in total. The molecule has 1 aromatic rings. The van der Waals surface area contributed by atoms with Gasteiger partial charge in [0, 0.05) is 12.6 Å². The molecule has 0 atom stereocenters. The zero-order valence-corrected chi connectivity index (χ0v) is 9.43. The second-order valence-corrected chi connectivity index (χ2v) is 3.19. The SMILES string of the molecule is CCC#N.FC(F)(F)c1ccnc(Br)c1. The Bertz CT molecular complexity index is 344. The number of halogens is 4. The van der Waals surface area contributed by atoms with Gasteiger partial charge in [-0.25, -0.2) is 4.98 Å². The highest BCUT2D eigenvalue weighted by atomic mass is 79.9. The van der Waals surface area contributed by atoms with Crippen LogP contribution in [0, 0.1) is 11.3 Å². The predicted molar refractivity (Wildman–Crippen MR) is 52.8 cm³/mol. The molecule has 0 radical (unpaired) electrons. The Labute approximate surface area is 93.9 Å². The van der Waals surface area contributed by atoms with Crippen LogP contribution in [0.1, 0.15) is 18.9 Å². The maximum Gasteiger partial charge on any atom is 0.416 e. The van der Waals surface area contributed by atoms with Crippen LogP contribution in [0.4, 0.5) is 13.2 Å². The molecule has 1 heterocycles. The molecule has 0 saturated heterocycles. The molecule has 82 valence electrons. The maximum atomic E-state index is 11.9. The summed E-state index contributed by atoms with van der Waals surface area (Å²) >= 11 is 2.84. The lowest BCUT2D eigenvalue weighted by Crippen LogP contribution is -2.04. The Morgan fingerprint density at radius 1 is 1.53 bits per heavy atom. The lowest BCUT2D eigenvalue weighted by atomic mass is 10.3. The fourth-order valence-corrected chi connectivity index (χ4v) is 0.944. The first kappa shape index (κ1) is 13.9. The second kappa shape index (κ2) is 6.40. The quantitative estimate of drug-likeness (QED) is 0.678. The molecule has 15 heavy (non-hydrogen) atoms. The van der Waals surface area contributed by atoms with Gasteiger partial charge >= 0.3 is 6.18 Å². The van der Waals surface area contributed by atoms with E-state index in [0.717, 1.165) is 18.3 Å². The van der Waals surface area contributed by atoms with Gasteiger partial charge in [0.25, 0.3) is 0 Å². The number of hydrogen-bond donors (Lipinski definition) is 0. The van der Waals surface area contributed by atoms with Gasteiger partial charge in [0.05, 0.1) is 11.6 Å². The molecular weight excluding hydrogens is 273 g/mol. The van der Waals surface area contributed by atoms with E-state index in [2.05, 4.69) is 20.9 Å². The van der Waals surface area contributed by atoms with Crippen molar-refractivity contribution in [1.82, 2.24) is 4.98 Å². The number of alkyl halides is 3.